The number of hydrogen-bond donors (Lipinski definition) is 8. The molecule has 0 atom stereocenters. The third-order valence-corrected chi connectivity index (χ3v) is 16.8. The largest absolute Gasteiger partial charge is 0.466 e. The van der Waals surface area contributed by atoms with Gasteiger partial charge in [-0.3, -0.25) is 19.2 Å². The minimum Gasteiger partial charge on any atom is -0.466 e. The molecule has 6 aromatic heterocycles. The lowest BCUT2D eigenvalue weighted by Crippen LogP contribution is -2.12. The van der Waals surface area contributed by atoms with Crippen molar-refractivity contribution in [1.29, 1.82) is 21.0 Å². The number of esters is 1. The van der Waals surface area contributed by atoms with Crippen molar-refractivity contribution in [2.75, 3.05) is 6.61 Å². The molecule has 7 aromatic carbocycles. The highest BCUT2D eigenvalue weighted by Crippen LogP contribution is 2.28. The quantitative estimate of drug-likeness (QED) is 0.00930. The molecule has 0 saturated heterocycles. The number of carbonyl (C=O) groups is 2. The van der Waals surface area contributed by atoms with Gasteiger partial charge in [0.15, 0.2) is 0 Å². The average molecular weight is 1640 g/mol. The molecule has 28 nitrogen and oxygen atoms in total. The lowest BCUT2D eigenvalue weighted by Gasteiger charge is -2.09. The molecule has 0 radical (unpaired) electrons. The summed E-state index contributed by atoms with van der Waals surface area (Å²) in [7, 11) is 0. The van der Waals surface area contributed by atoms with E-state index >= 15 is 0 Å². The molecule has 0 saturated carbocycles. The molecule has 8 N–H and O–H groups in total. The lowest BCUT2D eigenvalue weighted by atomic mass is 10.0. The second kappa shape index (κ2) is 49.2. The number of H-pyrrole nitrogens is 6. The third-order valence-electron chi connectivity index (χ3n) is 13.9. The van der Waals surface area contributed by atoms with E-state index in [0.29, 0.717) is 81.7 Å². The van der Waals surface area contributed by atoms with Crippen LogP contribution in [0.3, 0.4) is 0 Å². The molecule has 109 heavy (non-hydrogen) atoms. The van der Waals surface area contributed by atoms with Gasteiger partial charge in [0, 0.05) is 64.1 Å². The maximum Gasteiger partial charge on any atom is 0.313 e. The molecule has 0 spiro atoms. The van der Waals surface area contributed by atoms with E-state index in [9.17, 15) is 24.4 Å². The number of ketones is 1. The van der Waals surface area contributed by atoms with Gasteiger partial charge < -0.3 is 20.4 Å². The molecule has 33 heteroatoms. The number of nitrogens with zero attached hydrogens (tertiary/aromatic N) is 16. The Balaban J connectivity index is 0.000000235. The number of thioether (sulfide) groups is 1. The van der Waals surface area contributed by atoms with Crippen LogP contribution in [-0.2, 0) is 50.0 Å². The minimum atomic E-state index is -0.446. The zero-order valence-corrected chi connectivity index (χ0v) is 63.9. The molecular weight excluding hydrogens is 1570 g/mol. The number of Topliss-reactive ketones (excluding diaryl/α,β-unsaturated/α-hetero) is 1. The summed E-state index contributed by atoms with van der Waals surface area (Å²) in [5, 5.41) is 91.6. The van der Waals surface area contributed by atoms with Gasteiger partial charge in [0.1, 0.15) is 24.3 Å². The van der Waals surface area contributed by atoms with Crippen molar-refractivity contribution < 1.29 is 14.3 Å². The summed E-state index contributed by atoms with van der Waals surface area (Å²) in [6.07, 6.45) is 1.44. The van der Waals surface area contributed by atoms with Crippen LogP contribution >= 0.6 is 68.5 Å². The Hall–Kier alpha value is -12.6. The Labute approximate surface area is 659 Å². The van der Waals surface area contributed by atoms with Crippen molar-refractivity contribution in [3.63, 3.8) is 0 Å². The van der Waals surface area contributed by atoms with Crippen molar-refractivity contribution in [3.8, 4) is 69.8 Å². The number of benzene rings is 7. The van der Waals surface area contributed by atoms with E-state index in [1.807, 2.05) is 195 Å². The summed E-state index contributed by atoms with van der Waals surface area (Å²) in [4.78, 5) is 51.5. The molecule has 0 aliphatic carbocycles. The van der Waals surface area contributed by atoms with Crippen LogP contribution in [0, 0.1) is 52.2 Å². The summed E-state index contributed by atoms with van der Waals surface area (Å²) < 4.78 is 4.69. The highest BCUT2D eigenvalue weighted by molar-refractivity contribution is 9.08. The molecule has 554 valence electrons. The van der Waals surface area contributed by atoms with Crippen LogP contribution in [0.4, 0.5) is 0 Å². The van der Waals surface area contributed by atoms with E-state index in [-0.39, 0.29) is 42.2 Å². The summed E-state index contributed by atoms with van der Waals surface area (Å²) in [6, 6.07) is 71.4. The molecular formula is C76H73Br2N23O5S3. The first-order valence-corrected chi connectivity index (χ1v) is 36.4. The molecule has 13 aromatic rings. The maximum atomic E-state index is 12.2. The SMILES string of the molecule is BrCc1cccc(-c2nn[nH]n2)c1.BrCc1cccc(-c2nn[nH]n2)c1.C.CC#N.CCOC(=O)CC(=O)Cc1ccccc1.Cc1cccc(-c2nn[nH]n2)c1.N#CCC(N)=S.N#Cc1c(Cc2ccccc2)cc(=O)[nH]c1S.N#Cc1c(Cc2ccccc2)cc(=O)[nH]c1SCc1cccc(-c2nn[nH]n2)c1. The first kappa shape index (κ1) is 87.0. The second-order valence-electron chi connectivity index (χ2n) is 22.0. The van der Waals surface area contributed by atoms with E-state index in [0.717, 1.165) is 60.7 Å². The monoisotopic (exact) mass is 1640 g/mol. The number of nitriles is 4. The Morgan fingerprint density at radius 1 is 0.541 bits per heavy atom. The number of tetrazole rings is 4. The zero-order chi connectivity index (χ0) is 77.7. The molecule has 0 bridgehead atoms. The fraction of sp³-hybridized carbons (Fsp3) is 0.171. The van der Waals surface area contributed by atoms with E-state index in [2.05, 4.69) is 161 Å². The number of rotatable bonds is 19. The number of aromatic nitrogens is 18. The van der Waals surface area contributed by atoms with E-state index < -0.39 is 5.97 Å². The molecule has 0 fully saturated rings. The highest BCUT2D eigenvalue weighted by Gasteiger charge is 2.15. The number of aromatic amines is 6. The number of carbonyl (C=O) groups excluding carboxylic acids is 2. The molecule has 0 aliphatic rings. The van der Waals surface area contributed by atoms with Crippen LogP contribution in [0.5, 0.6) is 0 Å². The topological polar surface area (TPSA) is 448 Å². The highest BCUT2D eigenvalue weighted by atomic mass is 79.9. The van der Waals surface area contributed by atoms with Gasteiger partial charge in [0.2, 0.25) is 34.4 Å². The molecule has 0 amide bonds. The van der Waals surface area contributed by atoms with Gasteiger partial charge in [0.25, 0.3) is 0 Å². The van der Waals surface area contributed by atoms with E-state index in [1.165, 1.54) is 47.5 Å². The predicted molar refractivity (Wildman–Crippen MR) is 429 cm³/mol. The van der Waals surface area contributed by atoms with Crippen LogP contribution < -0.4 is 16.9 Å². The first-order valence-electron chi connectivity index (χ1n) is 32.3. The number of nitrogens with one attached hydrogen (secondary N) is 6. The molecule has 0 unspecified atom stereocenters. The number of hydrogen-bond acceptors (Lipinski definition) is 24. The average Bonchev–Trinajstić information content (AvgIpc) is 1.57. The van der Waals surface area contributed by atoms with Crippen LogP contribution in [0.2, 0.25) is 0 Å². The van der Waals surface area contributed by atoms with Crippen LogP contribution in [0.25, 0.3) is 45.6 Å². The van der Waals surface area contributed by atoms with Crippen molar-refractivity contribution in [2.45, 2.75) is 86.8 Å². The van der Waals surface area contributed by atoms with Crippen LogP contribution in [0.1, 0.15) is 95.3 Å². The Morgan fingerprint density at radius 3 is 1.30 bits per heavy atom. The fourth-order valence-corrected chi connectivity index (χ4v) is 11.3. The van der Waals surface area contributed by atoms with Crippen molar-refractivity contribution >= 4 is 85.2 Å². The maximum absolute atomic E-state index is 12.2. The number of pyridine rings is 2. The number of thiocarbonyl (C=S) groups is 1. The smallest absolute Gasteiger partial charge is 0.313 e. The molecule has 13 rings (SSSR count). The Bertz CT molecular complexity index is 5110. The standard InChI is InChI=1S/C21H16N6OS.C13H10N2OS.C12H14O3.2C8H7BrN4.C8H8N4.C3H4N2S.C2H3N.CH4/c22-12-18-17(9-14-5-2-1-3-6-14)11-19(28)23-21(18)29-13-15-7-4-8-16(10-15)20-24-26-27-25-20;14-8-11-10(7-12(16)15-13(11)17)6-9-4-2-1-3-5-9;1-2-15-12(14)9-11(13)8-10-6-4-3-5-7-10;2*9-5-6-2-1-3-7(4-6)8-10-12-13-11-8;1-6-3-2-4-7(5-6)8-9-11-12-10-8;4-2-1-3(5)6;1-2-3;/h1-8,10-11H,9,13H2,(H,23,28)(H,24,25,26,27);1-5,7H,6H2,(H2,15,16,17);3-7H,2,8-9H2,1H3;2*1-4H,5H2,(H,10,11,12,13);2-5H,1H3,(H,9,10,11,12);1H2,(H2,5,6);1H3;1H4. The summed E-state index contributed by atoms with van der Waals surface area (Å²) in [5.74, 6) is 2.45. The Morgan fingerprint density at radius 2 is 0.927 bits per heavy atom. The van der Waals surface area contributed by atoms with Gasteiger partial charge in [-0.15, -0.1) is 65.2 Å². The summed E-state index contributed by atoms with van der Waals surface area (Å²) in [5.41, 5.74) is 18.3. The zero-order valence-electron chi connectivity index (χ0n) is 58.2. The molecule has 6 heterocycles. The first-order chi connectivity index (χ1) is 52.5. The second-order valence-corrected chi connectivity index (χ2v) is 25.0. The normalized spacial score (nSPS) is 9.67. The van der Waals surface area contributed by atoms with Gasteiger partial charge in [-0.25, -0.2) is 0 Å². The van der Waals surface area contributed by atoms with Crippen molar-refractivity contribution in [3.05, 3.63) is 282 Å². The van der Waals surface area contributed by atoms with E-state index in [1.54, 1.807) is 19.1 Å². The lowest BCUT2D eigenvalue weighted by molar-refractivity contribution is -0.145. The minimum absolute atomic E-state index is 0. The van der Waals surface area contributed by atoms with Crippen molar-refractivity contribution in [2.24, 2.45) is 5.73 Å². The number of alkyl halides is 2. The van der Waals surface area contributed by atoms with Gasteiger partial charge in [-0.1, -0.05) is 221 Å². The number of ether oxygens (including phenoxy) is 1. The fourth-order valence-electron chi connectivity index (χ4n) is 9.25. The van der Waals surface area contributed by atoms with Crippen LogP contribution in [-0.4, -0.2) is 116 Å². The molecule has 0 aliphatic heterocycles. The van der Waals surface area contributed by atoms with Gasteiger partial charge in [0.05, 0.1) is 51.3 Å². The Kier molecular flexibility index (Phi) is 39.3. The number of aryl methyl sites for hydroxylation is 1. The number of thiol groups is 1. The summed E-state index contributed by atoms with van der Waals surface area (Å²) >= 11 is 16.7. The third kappa shape index (κ3) is 31.5. The summed E-state index contributed by atoms with van der Waals surface area (Å²) in [6.45, 7) is 5.50. The van der Waals surface area contributed by atoms with Crippen molar-refractivity contribution in [1.82, 2.24) is 92.5 Å². The predicted octanol–water partition coefficient (Wildman–Crippen LogP) is 13.2. The van der Waals surface area contributed by atoms with Gasteiger partial charge in [-0.05, 0) is 116 Å². The van der Waals surface area contributed by atoms with Gasteiger partial charge in [-0.2, -0.15) is 41.9 Å². The van der Waals surface area contributed by atoms with Gasteiger partial charge >= 0.3 is 5.97 Å². The number of halogens is 2. The van der Waals surface area contributed by atoms with Crippen LogP contribution in [0.15, 0.2) is 220 Å². The van der Waals surface area contributed by atoms with E-state index in [4.69, 9.17) is 26.3 Å². The number of nitrogens with two attached hydrogens (primary N) is 1.